The fourth-order valence-corrected chi connectivity index (χ4v) is 3.22. The number of sulfonamides is 1. The summed E-state index contributed by atoms with van der Waals surface area (Å²) in [6.07, 6.45) is 0.607. The first-order valence-electron chi connectivity index (χ1n) is 6.94. The summed E-state index contributed by atoms with van der Waals surface area (Å²) < 4.78 is 31.9. The number of benzene rings is 1. The van der Waals surface area contributed by atoms with Crippen LogP contribution in [0.5, 0.6) is 0 Å². The molecular weight excluding hydrogens is 306 g/mol. The van der Waals surface area contributed by atoms with E-state index < -0.39 is 22.0 Å². The first-order chi connectivity index (χ1) is 10.2. The number of carbonyl (C=O) groups is 2. The molecular formula is C15H21NO5S. The van der Waals surface area contributed by atoms with Crippen LogP contribution < -0.4 is 4.72 Å². The minimum atomic E-state index is -3.93. The highest BCUT2D eigenvalue weighted by Crippen LogP contribution is 2.16. The summed E-state index contributed by atoms with van der Waals surface area (Å²) >= 11 is 0. The van der Waals surface area contributed by atoms with Crippen LogP contribution in [0.1, 0.15) is 37.6 Å². The van der Waals surface area contributed by atoms with Crippen LogP contribution in [-0.4, -0.2) is 33.3 Å². The number of esters is 1. The lowest BCUT2D eigenvalue weighted by Crippen LogP contribution is -2.45. The van der Waals surface area contributed by atoms with Crippen LogP contribution in [0, 0.1) is 5.92 Å². The zero-order chi connectivity index (χ0) is 16.9. The highest BCUT2D eigenvalue weighted by Gasteiger charge is 2.30. The normalized spacial score (nSPS) is 14.2. The van der Waals surface area contributed by atoms with Gasteiger partial charge in [-0.2, -0.15) is 4.72 Å². The van der Waals surface area contributed by atoms with Gasteiger partial charge in [0.25, 0.3) is 0 Å². The number of carbonyl (C=O) groups excluding carboxylic acids is 2. The summed E-state index contributed by atoms with van der Waals surface area (Å²) in [7, 11) is -2.72. The van der Waals surface area contributed by atoms with Gasteiger partial charge >= 0.3 is 5.97 Å². The second-order valence-corrected chi connectivity index (χ2v) is 6.81. The van der Waals surface area contributed by atoms with E-state index in [4.69, 9.17) is 0 Å². The molecule has 1 aromatic rings. The molecule has 0 aliphatic rings. The lowest BCUT2D eigenvalue weighted by atomic mass is 10.0. The van der Waals surface area contributed by atoms with E-state index in [0.29, 0.717) is 12.0 Å². The fraction of sp³-hybridized carbons (Fsp3) is 0.467. The fourth-order valence-electron chi connectivity index (χ4n) is 1.88. The van der Waals surface area contributed by atoms with Crippen LogP contribution in [0.15, 0.2) is 29.2 Å². The van der Waals surface area contributed by atoms with E-state index in [1.807, 2.05) is 6.92 Å². The quantitative estimate of drug-likeness (QED) is 0.609. The van der Waals surface area contributed by atoms with E-state index in [1.165, 1.54) is 38.3 Å². The summed E-state index contributed by atoms with van der Waals surface area (Å²) in [5, 5.41) is 0. The third kappa shape index (κ3) is 4.38. The minimum absolute atomic E-state index is 0.0580. The number of rotatable bonds is 7. The second kappa shape index (κ2) is 7.51. The zero-order valence-corrected chi connectivity index (χ0v) is 13.9. The molecule has 6 nitrogen and oxygen atoms in total. The molecule has 0 unspecified atom stereocenters. The van der Waals surface area contributed by atoms with Gasteiger partial charge in [0.2, 0.25) is 10.0 Å². The monoisotopic (exact) mass is 327 g/mol. The molecule has 0 amide bonds. The molecule has 0 saturated heterocycles. The molecule has 7 heteroatoms. The van der Waals surface area contributed by atoms with E-state index >= 15 is 0 Å². The first kappa shape index (κ1) is 18.3. The maximum absolute atomic E-state index is 12.4. The van der Waals surface area contributed by atoms with Gasteiger partial charge in [-0.15, -0.1) is 0 Å². The molecule has 0 heterocycles. The van der Waals surface area contributed by atoms with Gasteiger partial charge in [-0.1, -0.05) is 32.4 Å². The SMILES string of the molecule is CC[C@@H](C)[C@H](NS(=O)(=O)c1cccc(C(C)=O)c1)C(=O)OC. The number of ketones is 1. The zero-order valence-electron chi connectivity index (χ0n) is 13.1. The van der Waals surface area contributed by atoms with Crippen molar-refractivity contribution in [1.82, 2.24) is 4.72 Å². The molecule has 0 saturated carbocycles. The largest absolute Gasteiger partial charge is 0.468 e. The van der Waals surface area contributed by atoms with E-state index in [0.717, 1.165) is 0 Å². The van der Waals surface area contributed by atoms with E-state index in [9.17, 15) is 18.0 Å². The van der Waals surface area contributed by atoms with Crippen LogP contribution in [0.2, 0.25) is 0 Å². The van der Waals surface area contributed by atoms with Crippen LogP contribution >= 0.6 is 0 Å². The summed E-state index contributed by atoms with van der Waals surface area (Å²) in [5.74, 6) is -1.10. The molecule has 0 aliphatic heterocycles. The molecule has 0 aliphatic carbocycles. The summed E-state index contributed by atoms with van der Waals surface area (Å²) in [6.45, 7) is 4.97. The topological polar surface area (TPSA) is 89.5 Å². The number of nitrogens with one attached hydrogen (secondary N) is 1. The predicted octanol–water partition coefficient (Wildman–Crippen LogP) is 1.76. The van der Waals surface area contributed by atoms with Crippen molar-refractivity contribution in [2.75, 3.05) is 7.11 Å². The Morgan fingerprint density at radius 1 is 1.32 bits per heavy atom. The molecule has 1 rings (SSSR count). The van der Waals surface area contributed by atoms with Gasteiger partial charge in [-0.25, -0.2) is 8.42 Å². The average molecular weight is 327 g/mol. The van der Waals surface area contributed by atoms with Gasteiger partial charge in [0, 0.05) is 5.56 Å². The van der Waals surface area contributed by atoms with Crippen LogP contribution in [-0.2, 0) is 19.6 Å². The summed E-state index contributed by atoms with van der Waals surface area (Å²) in [4.78, 5) is 23.1. The maximum atomic E-state index is 12.4. The van der Waals surface area contributed by atoms with Crippen molar-refractivity contribution < 1.29 is 22.7 Å². The lowest BCUT2D eigenvalue weighted by molar-refractivity contribution is -0.143. The molecule has 1 aromatic carbocycles. The van der Waals surface area contributed by atoms with Crippen molar-refractivity contribution in [2.24, 2.45) is 5.92 Å². The molecule has 0 aromatic heterocycles. The Morgan fingerprint density at radius 2 is 1.95 bits per heavy atom. The number of methoxy groups -OCH3 is 1. The van der Waals surface area contributed by atoms with Gasteiger partial charge in [0.05, 0.1) is 12.0 Å². The molecule has 22 heavy (non-hydrogen) atoms. The molecule has 1 N–H and O–H groups in total. The average Bonchev–Trinajstić information content (AvgIpc) is 2.51. The number of hydrogen-bond donors (Lipinski definition) is 1. The molecule has 0 radical (unpaired) electrons. The van der Waals surface area contributed by atoms with E-state index in [-0.39, 0.29) is 16.6 Å². The van der Waals surface area contributed by atoms with E-state index in [1.54, 1.807) is 6.92 Å². The standard InChI is InChI=1S/C15H21NO5S/c1-5-10(2)14(15(18)21-4)16-22(19,20)13-8-6-7-12(9-13)11(3)17/h6-10,14,16H,5H2,1-4H3/t10-,14+/m1/s1. The highest BCUT2D eigenvalue weighted by molar-refractivity contribution is 7.89. The van der Waals surface area contributed by atoms with E-state index in [2.05, 4.69) is 9.46 Å². The second-order valence-electron chi connectivity index (χ2n) is 5.09. The first-order valence-corrected chi connectivity index (χ1v) is 8.42. The number of ether oxygens (including phenoxy) is 1. The Kier molecular flexibility index (Phi) is 6.25. The minimum Gasteiger partial charge on any atom is -0.468 e. The smallest absolute Gasteiger partial charge is 0.324 e. The molecule has 0 bridgehead atoms. The summed E-state index contributed by atoms with van der Waals surface area (Å²) in [5.41, 5.74) is 0.293. The number of hydrogen-bond acceptors (Lipinski definition) is 5. The van der Waals surface area contributed by atoms with Gasteiger partial charge in [-0.05, 0) is 25.0 Å². The third-order valence-corrected chi connectivity index (χ3v) is 4.94. The van der Waals surface area contributed by atoms with Crippen LogP contribution in [0.3, 0.4) is 0 Å². The predicted molar refractivity (Wildman–Crippen MR) is 82.0 cm³/mol. The highest BCUT2D eigenvalue weighted by atomic mass is 32.2. The third-order valence-electron chi connectivity index (χ3n) is 3.50. The van der Waals surface area contributed by atoms with Crippen LogP contribution in [0.4, 0.5) is 0 Å². The van der Waals surface area contributed by atoms with Crippen molar-refractivity contribution in [3.05, 3.63) is 29.8 Å². The Hall–Kier alpha value is -1.73. The van der Waals surface area contributed by atoms with Crippen molar-refractivity contribution in [3.8, 4) is 0 Å². The Morgan fingerprint density at radius 3 is 2.45 bits per heavy atom. The van der Waals surface area contributed by atoms with Gasteiger partial charge in [-0.3, -0.25) is 9.59 Å². The van der Waals surface area contributed by atoms with Crippen molar-refractivity contribution in [3.63, 3.8) is 0 Å². The van der Waals surface area contributed by atoms with Crippen LogP contribution in [0.25, 0.3) is 0 Å². The van der Waals surface area contributed by atoms with Gasteiger partial charge < -0.3 is 4.74 Å². The van der Waals surface area contributed by atoms with Crippen molar-refractivity contribution in [1.29, 1.82) is 0 Å². The molecule has 2 atom stereocenters. The molecule has 0 fully saturated rings. The Balaban J connectivity index is 3.14. The lowest BCUT2D eigenvalue weighted by Gasteiger charge is -2.21. The maximum Gasteiger partial charge on any atom is 0.324 e. The molecule has 0 spiro atoms. The van der Waals surface area contributed by atoms with Gasteiger partial charge in [0.15, 0.2) is 5.78 Å². The Labute approximate surface area is 130 Å². The van der Waals surface area contributed by atoms with Crippen molar-refractivity contribution >= 4 is 21.8 Å². The Bertz CT molecular complexity index is 654. The molecule has 122 valence electrons. The number of Topliss-reactive ketones (excluding diaryl/α,β-unsaturated/α-hetero) is 1. The van der Waals surface area contributed by atoms with Crippen molar-refractivity contribution in [2.45, 2.75) is 38.1 Å². The summed E-state index contributed by atoms with van der Waals surface area (Å²) in [6, 6.07) is 4.71. The van der Waals surface area contributed by atoms with Gasteiger partial charge in [0.1, 0.15) is 6.04 Å².